The van der Waals surface area contributed by atoms with Crippen molar-refractivity contribution in [3.8, 4) is 0 Å². The van der Waals surface area contributed by atoms with E-state index in [4.69, 9.17) is 15.2 Å². The van der Waals surface area contributed by atoms with Crippen molar-refractivity contribution >= 4 is 5.91 Å². The highest BCUT2D eigenvalue weighted by Gasteiger charge is 2.26. The minimum absolute atomic E-state index is 0.153. The molecule has 0 aromatic heterocycles. The van der Waals surface area contributed by atoms with Crippen molar-refractivity contribution in [2.75, 3.05) is 26.9 Å². The van der Waals surface area contributed by atoms with Crippen molar-refractivity contribution in [2.24, 2.45) is 11.7 Å². The number of nitrogens with two attached hydrogens (primary N) is 1. The number of carbonyl (C=O) groups is 1. The fourth-order valence-electron chi connectivity index (χ4n) is 2.61. The molecule has 1 amide bonds. The average molecular weight is 310 g/mol. The maximum Gasteiger partial charge on any atom is 0.237 e. The molecule has 0 bridgehead atoms. The normalized spacial score (nSPS) is 18.7. The zero-order chi connectivity index (χ0) is 15.9. The number of benzene rings is 1. The highest BCUT2D eigenvalue weighted by molar-refractivity contribution is 5.81. The van der Waals surface area contributed by atoms with E-state index in [9.17, 15) is 9.18 Å². The van der Waals surface area contributed by atoms with Crippen LogP contribution in [0.5, 0.6) is 0 Å². The Balaban J connectivity index is 1.86. The van der Waals surface area contributed by atoms with E-state index in [-0.39, 0.29) is 23.7 Å². The van der Waals surface area contributed by atoms with E-state index in [0.717, 1.165) is 18.4 Å². The standard InChI is InChI=1S/C16H23FN2O3/c1-21-14(11-2-4-13(17)5-3-11)10-19-16(20)15(18)12-6-8-22-9-7-12/h2-5,12,14-15H,6-10,18H2,1H3,(H,19,20). The van der Waals surface area contributed by atoms with Gasteiger partial charge in [0.05, 0.1) is 12.1 Å². The van der Waals surface area contributed by atoms with Gasteiger partial charge < -0.3 is 20.5 Å². The van der Waals surface area contributed by atoms with Gasteiger partial charge in [0.25, 0.3) is 0 Å². The fourth-order valence-corrected chi connectivity index (χ4v) is 2.61. The largest absolute Gasteiger partial charge is 0.381 e. The van der Waals surface area contributed by atoms with Gasteiger partial charge in [-0.3, -0.25) is 4.79 Å². The Labute approximate surface area is 130 Å². The molecule has 122 valence electrons. The highest BCUT2D eigenvalue weighted by Crippen LogP contribution is 2.19. The molecule has 5 nitrogen and oxygen atoms in total. The van der Waals surface area contributed by atoms with Crippen LogP contribution in [0.3, 0.4) is 0 Å². The first-order valence-electron chi connectivity index (χ1n) is 7.51. The molecule has 2 unspecified atom stereocenters. The van der Waals surface area contributed by atoms with Crippen molar-refractivity contribution in [2.45, 2.75) is 25.0 Å². The van der Waals surface area contributed by atoms with Crippen LogP contribution in [0.15, 0.2) is 24.3 Å². The third-order valence-electron chi connectivity index (χ3n) is 4.06. The average Bonchev–Trinajstić information content (AvgIpc) is 2.56. The van der Waals surface area contributed by atoms with Crippen molar-refractivity contribution < 1.29 is 18.7 Å². The van der Waals surface area contributed by atoms with Crippen molar-refractivity contribution in [1.82, 2.24) is 5.32 Å². The molecular weight excluding hydrogens is 287 g/mol. The van der Waals surface area contributed by atoms with E-state index in [1.54, 1.807) is 19.2 Å². The second kappa shape index (κ2) is 8.22. The van der Waals surface area contributed by atoms with E-state index >= 15 is 0 Å². The maximum absolute atomic E-state index is 12.9. The lowest BCUT2D eigenvalue weighted by molar-refractivity contribution is -0.124. The van der Waals surface area contributed by atoms with E-state index in [1.807, 2.05) is 0 Å². The van der Waals surface area contributed by atoms with Crippen LogP contribution in [0, 0.1) is 11.7 Å². The number of methoxy groups -OCH3 is 1. The Morgan fingerprint density at radius 2 is 2.05 bits per heavy atom. The van der Waals surface area contributed by atoms with E-state index < -0.39 is 6.04 Å². The summed E-state index contributed by atoms with van der Waals surface area (Å²) < 4.78 is 23.6. The number of ether oxygens (including phenoxy) is 2. The highest BCUT2D eigenvalue weighted by atomic mass is 19.1. The van der Waals surface area contributed by atoms with Gasteiger partial charge in [0, 0.05) is 26.9 Å². The number of carbonyl (C=O) groups excluding carboxylic acids is 1. The summed E-state index contributed by atoms with van der Waals surface area (Å²) in [6.45, 7) is 1.61. The minimum Gasteiger partial charge on any atom is -0.381 e. The second-order valence-corrected chi connectivity index (χ2v) is 5.50. The molecule has 0 saturated carbocycles. The van der Waals surface area contributed by atoms with Crippen molar-refractivity contribution in [1.29, 1.82) is 0 Å². The molecule has 1 heterocycles. The number of nitrogens with one attached hydrogen (secondary N) is 1. The summed E-state index contributed by atoms with van der Waals surface area (Å²) >= 11 is 0. The van der Waals surface area contributed by atoms with Gasteiger partial charge in [0.15, 0.2) is 0 Å². The number of hydrogen-bond donors (Lipinski definition) is 2. The smallest absolute Gasteiger partial charge is 0.237 e. The maximum atomic E-state index is 12.9. The summed E-state index contributed by atoms with van der Waals surface area (Å²) in [4.78, 5) is 12.2. The Bertz CT molecular complexity index is 475. The van der Waals surface area contributed by atoms with E-state index in [1.165, 1.54) is 12.1 Å². The number of amides is 1. The van der Waals surface area contributed by atoms with Gasteiger partial charge in [-0.2, -0.15) is 0 Å². The van der Waals surface area contributed by atoms with Crippen LogP contribution in [0.25, 0.3) is 0 Å². The van der Waals surface area contributed by atoms with Crippen LogP contribution in [0.4, 0.5) is 4.39 Å². The summed E-state index contributed by atoms with van der Waals surface area (Å²) in [6.07, 6.45) is 1.28. The first-order valence-corrected chi connectivity index (χ1v) is 7.51. The molecule has 2 atom stereocenters. The van der Waals surface area contributed by atoms with Crippen LogP contribution >= 0.6 is 0 Å². The van der Waals surface area contributed by atoms with Gasteiger partial charge in [0.1, 0.15) is 5.82 Å². The molecule has 0 radical (unpaired) electrons. The second-order valence-electron chi connectivity index (χ2n) is 5.50. The summed E-state index contributed by atoms with van der Waals surface area (Å²) in [5, 5.41) is 2.82. The van der Waals surface area contributed by atoms with Gasteiger partial charge in [-0.1, -0.05) is 12.1 Å². The van der Waals surface area contributed by atoms with Crippen LogP contribution < -0.4 is 11.1 Å². The predicted octanol–water partition coefficient (Wildman–Crippen LogP) is 1.38. The number of halogens is 1. The Morgan fingerprint density at radius 3 is 2.64 bits per heavy atom. The lowest BCUT2D eigenvalue weighted by atomic mass is 9.92. The van der Waals surface area contributed by atoms with Gasteiger partial charge in [-0.05, 0) is 36.5 Å². The fraction of sp³-hybridized carbons (Fsp3) is 0.562. The van der Waals surface area contributed by atoms with E-state index in [2.05, 4.69) is 5.32 Å². The molecule has 1 fully saturated rings. The molecule has 1 aromatic rings. The predicted molar refractivity (Wildman–Crippen MR) is 80.7 cm³/mol. The summed E-state index contributed by atoms with van der Waals surface area (Å²) in [6, 6.07) is 5.50. The van der Waals surface area contributed by atoms with Crippen LogP contribution in [0.2, 0.25) is 0 Å². The lowest BCUT2D eigenvalue weighted by Gasteiger charge is -2.27. The van der Waals surface area contributed by atoms with Crippen molar-refractivity contribution in [3.63, 3.8) is 0 Å². The van der Waals surface area contributed by atoms with Gasteiger partial charge in [-0.15, -0.1) is 0 Å². The molecule has 0 aliphatic carbocycles. The molecule has 1 aliphatic rings. The van der Waals surface area contributed by atoms with Gasteiger partial charge >= 0.3 is 0 Å². The van der Waals surface area contributed by atoms with Gasteiger partial charge in [-0.25, -0.2) is 4.39 Å². The quantitative estimate of drug-likeness (QED) is 0.832. The van der Waals surface area contributed by atoms with Crippen LogP contribution in [-0.4, -0.2) is 38.8 Å². The van der Waals surface area contributed by atoms with Crippen molar-refractivity contribution in [3.05, 3.63) is 35.6 Å². The zero-order valence-electron chi connectivity index (χ0n) is 12.8. The molecule has 2 rings (SSSR count). The molecule has 1 saturated heterocycles. The minimum atomic E-state index is -0.533. The number of hydrogen-bond acceptors (Lipinski definition) is 4. The third-order valence-corrected chi connectivity index (χ3v) is 4.06. The molecule has 6 heteroatoms. The Morgan fingerprint density at radius 1 is 1.41 bits per heavy atom. The van der Waals surface area contributed by atoms with E-state index in [0.29, 0.717) is 19.8 Å². The molecule has 0 spiro atoms. The zero-order valence-corrected chi connectivity index (χ0v) is 12.8. The lowest BCUT2D eigenvalue weighted by Crippen LogP contribution is -2.48. The monoisotopic (exact) mass is 310 g/mol. The molecule has 1 aromatic carbocycles. The third kappa shape index (κ3) is 4.50. The first kappa shape index (κ1) is 16.9. The molecule has 1 aliphatic heterocycles. The summed E-state index contributed by atoms with van der Waals surface area (Å²) in [5.74, 6) is -0.333. The topological polar surface area (TPSA) is 73.6 Å². The number of rotatable bonds is 6. The Hall–Kier alpha value is -1.50. The Kier molecular flexibility index (Phi) is 6.30. The summed E-state index contributed by atoms with van der Waals surface area (Å²) in [7, 11) is 1.55. The van der Waals surface area contributed by atoms with Crippen LogP contribution in [-0.2, 0) is 14.3 Å². The molecule has 3 N–H and O–H groups in total. The first-order chi connectivity index (χ1) is 10.6. The molecule has 22 heavy (non-hydrogen) atoms. The summed E-state index contributed by atoms with van der Waals surface area (Å²) in [5.41, 5.74) is 6.83. The molecular formula is C16H23FN2O3. The van der Waals surface area contributed by atoms with Gasteiger partial charge in [0.2, 0.25) is 5.91 Å². The van der Waals surface area contributed by atoms with Crippen LogP contribution in [0.1, 0.15) is 24.5 Å². The SMILES string of the molecule is COC(CNC(=O)C(N)C1CCOCC1)c1ccc(F)cc1.